The first-order chi connectivity index (χ1) is 11.2. The Morgan fingerprint density at radius 2 is 2.22 bits per heavy atom. The van der Waals surface area contributed by atoms with Gasteiger partial charge in [-0.2, -0.15) is 4.98 Å². The van der Waals surface area contributed by atoms with Gasteiger partial charge in [0.1, 0.15) is 5.75 Å². The first kappa shape index (κ1) is 13.6. The highest BCUT2D eigenvalue weighted by Crippen LogP contribution is 2.25. The van der Waals surface area contributed by atoms with Crippen molar-refractivity contribution in [2.45, 2.75) is 6.42 Å². The van der Waals surface area contributed by atoms with Gasteiger partial charge in [-0.15, -0.1) is 0 Å². The Morgan fingerprint density at radius 1 is 1.30 bits per heavy atom. The first-order valence-corrected chi connectivity index (χ1v) is 7.11. The third-order valence-corrected chi connectivity index (χ3v) is 3.71. The minimum atomic E-state index is -0.272. The predicted molar refractivity (Wildman–Crippen MR) is 83.0 cm³/mol. The lowest BCUT2D eigenvalue weighted by atomic mass is 10.1. The summed E-state index contributed by atoms with van der Waals surface area (Å²) in [4.78, 5) is 19.4. The zero-order chi connectivity index (χ0) is 15.8. The Bertz CT molecular complexity index is 971. The molecule has 7 heteroatoms. The summed E-state index contributed by atoms with van der Waals surface area (Å²) in [6.07, 6.45) is 2.32. The fraction of sp³-hybridized carbons (Fsp3) is 0.188. The van der Waals surface area contributed by atoms with Crippen molar-refractivity contribution in [2.24, 2.45) is 0 Å². The quantitative estimate of drug-likeness (QED) is 0.798. The largest absolute Gasteiger partial charge is 0.500 e. The molecule has 1 N–H and O–H groups in total. The highest BCUT2D eigenvalue weighted by Gasteiger charge is 2.18. The molecule has 2 aromatic heterocycles. The maximum absolute atomic E-state index is 12.3. The molecule has 23 heavy (non-hydrogen) atoms. The molecule has 0 aliphatic carbocycles. The molecule has 3 heterocycles. The molecule has 1 aliphatic rings. The van der Waals surface area contributed by atoms with Crippen molar-refractivity contribution in [3.05, 3.63) is 46.8 Å². The van der Waals surface area contributed by atoms with E-state index >= 15 is 0 Å². The number of aromatic nitrogens is 3. The molecule has 3 aromatic rings. The van der Waals surface area contributed by atoms with Gasteiger partial charge in [-0.1, -0.05) is 5.16 Å². The number of hydrogen-bond acceptors (Lipinski definition) is 6. The van der Waals surface area contributed by atoms with E-state index in [9.17, 15) is 4.79 Å². The van der Waals surface area contributed by atoms with Gasteiger partial charge >= 0.3 is 0 Å². The van der Waals surface area contributed by atoms with Crippen LogP contribution in [-0.4, -0.2) is 28.8 Å². The van der Waals surface area contributed by atoms with E-state index in [-0.39, 0.29) is 11.4 Å². The molecule has 0 radical (unpaired) electrons. The smallest absolute Gasteiger partial charge is 0.259 e. The Hall–Kier alpha value is -3.09. The molecule has 0 amide bonds. The van der Waals surface area contributed by atoms with Crippen molar-refractivity contribution in [3.8, 4) is 17.1 Å². The summed E-state index contributed by atoms with van der Waals surface area (Å²) < 4.78 is 15.6. The standard InChI is InChI=1S/C16H13N3O4/c1-21-11-2-3-13-10(6-11)7-12(15(20)17-13)14-18-16(23-19-14)9-4-5-22-8-9/h2-3,6-8H,4-5H2,1H3,(H,17,20). The van der Waals surface area contributed by atoms with Gasteiger partial charge in [0, 0.05) is 17.3 Å². The maximum Gasteiger partial charge on any atom is 0.259 e. The number of H-pyrrole nitrogens is 1. The van der Waals surface area contributed by atoms with Crippen LogP contribution in [0.4, 0.5) is 0 Å². The molecule has 4 rings (SSSR count). The van der Waals surface area contributed by atoms with E-state index in [1.807, 2.05) is 6.07 Å². The highest BCUT2D eigenvalue weighted by molar-refractivity contribution is 5.83. The lowest BCUT2D eigenvalue weighted by Crippen LogP contribution is -2.09. The monoisotopic (exact) mass is 311 g/mol. The van der Waals surface area contributed by atoms with E-state index < -0.39 is 0 Å². The molecular weight excluding hydrogens is 298 g/mol. The third kappa shape index (κ3) is 2.36. The fourth-order valence-electron chi connectivity index (χ4n) is 2.49. The molecule has 0 atom stereocenters. The van der Waals surface area contributed by atoms with Crippen LogP contribution in [0.15, 0.2) is 39.8 Å². The Kier molecular flexibility index (Phi) is 3.11. The van der Waals surface area contributed by atoms with Crippen molar-refractivity contribution < 1.29 is 14.0 Å². The average molecular weight is 311 g/mol. The lowest BCUT2D eigenvalue weighted by molar-refractivity contribution is 0.281. The Morgan fingerprint density at radius 3 is 3.00 bits per heavy atom. The summed E-state index contributed by atoms with van der Waals surface area (Å²) >= 11 is 0. The van der Waals surface area contributed by atoms with Crippen molar-refractivity contribution in [3.63, 3.8) is 0 Å². The third-order valence-electron chi connectivity index (χ3n) is 3.71. The van der Waals surface area contributed by atoms with Crippen molar-refractivity contribution in [1.82, 2.24) is 15.1 Å². The van der Waals surface area contributed by atoms with Crippen molar-refractivity contribution in [2.75, 3.05) is 13.7 Å². The zero-order valence-electron chi connectivity index (χ0n) is 12.3. The molecule has 0 spiro atoms. The van der Waals surface area contributed by atoms with Crippen LogP contribution in [0, 0.1) is 0 Å². The molecule has 0 bridgehead atoms. The number of benzene rings is 1. The van der Waals surface area contributed by atoms with Crippen LogP contribution in [0.3, 0.4) is 0 Å². The van der Waals surface area contributed by atoms with Crippen LogP contribution in [0.5, 0.6) is 5.75 Å². The number of aromatic amines is 1. The molecule has 0 saturated carbocycles. The second-order valence-electron chi connectivity index (χ2n) is 5.15. The number of methoxy groups -OCH3 is 1. The highest BCUT2D eigenvalue weighted by atomic mass is 16.5. The molecule has 0 unspecified atom stereocenters. The minimum absolute atomic E-state index is 0.249. The number of fused-ring (bicyclic) bond motifs is 1. The van der Waals surface area contributed by atoms with Gasteiger partial charge in [0.2, 0.25) is 5.82 Å². The number of rotatable bonds is 3. The summed E-state index contributed by atoms with van der Waals surface area (Å²) in [6.45, 7) is 0.601. The van der Waals surface area contributed by atoms with E-state index in [0.29, 0.717) is 30.2 Å². The van der Waals surface area contributed by atoms with Crippen LogP contribution in [0.1, 0.15) is 12.3 Å². The molecule has 7 nitrogen and oxygen atoms in total. The van der Waals surface area contributed by atoms with Gasteiger partial charge in [-0.05, 0) is 24.3 Å². The van der Waals surface area contributed by atoms with Crippen molar-refractivity contribution >= 4 is 16.5 Å². The van der Waals surface area contributed by atoms with Gasteiger partial charge in [0.15, 0.2) is 0 Å². The summed E-state index contributed by atoms with van der Waals surface area (Å²) in [5, 5.41) is 4.74. The number of ether oxygens (including phenoxy) is 2. The number of nitrogens with zero attached hydrogens (tertiary/aromatic N) is 2. The summed E-state index contributed by atoms with van der Waals surface area (Å²) in [6, 6.07) is 7.15. The van der Waals surface area contributed by atoms with Gasteiger partial charge in [-0.3, -0.25) is 4.79 Å². The number of hydrogen-bond donors (Lipinski definition) is 1. The van der Waals surface area contributed by atoms with E-state index in [0.717, 1.165) is 16.5 Å². The number of pyridine rings is 1. The SMILES string of the molecule is COc1ccc2[nH]c(=O)c(-c3noc(C4=COCC4)n3)cc2c1. The van der Waals surface area contributed by atoms with Gasteiger partial charge in [0.05, 0.1) is 31.1 Å². The minimum Gasteiger partial charge on any atom is -0.500 e. The maximum atomic E-state index is 12.3. The van der Waals surface area contributed by atoms with E-state index in [4.69, 9.17) is 14.0 Å². The topological polar surface area (TPSA) is 90.2 Å². The van der Waals surface area contributed by atoms with Crippen LogP contribution in [0.25, 0.3) is 27.9 Å². The van der Waals surface area contributed by atoms with Gasteiger partial charge in [-0.25, -0.2) is 0 Å². The molecular formula is C16H13N3O4. The van der Waals surface area contributed by atoms with E-state index in [1.54, 1.807) is 31.6 Å². The molecule has 1 aliphatic heterocycles. The van der Waals surface area contributed by atoms with Crippen LogP contribution < -0.4 is 10.3 Å². The second kappa shape index (κ2) is 5.28. The summed E-state index contributed by atoms with van der Waals surface area (Å²) in [7, 11) is 1.59. The zero-order valence-corrected chi connectivity index (χ0v) is 12.3. The average Bonchev–Trinajstić information content (AvgIpc) is 3.25. The predicted octanol–water partition coefficient (Wildman–Crippen LogP) is 2.35. The summed E-state index contributed by atoms with van der Waals surface area (Å²) in [5.74, 6) is 1.33. The van der Waals surface area contributed by atoms with Crippen LogP contribution in [-0.2, 0) is 4.74 Å². The van der Waals surface area contributed by atoms with Gasteiger partial charge in [0.25, 0.3) is 11.4 Å². The molecule has 0 saturated heterocycles. The van der Waals surface area contributed by atoms with Crippen molar-refractivity contribution in [1.29, 1.82) is 0 Å². The summed E-state index contributed by atoms with van der Waals surface area (Å²) in [5.41, 5.74) is 1.63. The first-order valence-electron chi connectivity index (χ1n) is 7.11. The second-order valence-corrected chi connectivity index (χ2v) is 5.15. The normalized spacial score (nSPS) is 13.9. The molecule has 116 valence electrons. The van der Waals surface area contributed by atoms with E-state index in [2.05, 4.69) is 15.1 Å². The number of nitrogens with one attached hydrogen (secondary N) is 1. The van der Waals surface area contributed by atoms with E-state index in [1.165, 1.54) is 0 Å². The van der Waals surface area contributed by atoms with Crippen LogP contribution >= 0.6 is 0 Å². The molecule has 0 fully saturated rings. The fourth-order valence-corrected chi connectivity index (χ4v) is 2.49. The Labute approximate surface area is 130 Å². The van der Waals surface area contributed by atoms with Crippen LogP contribution in [0.2, 0.25) is 0 Å². The van der Waals surface area contributed by atoms with Gasteiger partial charge < -0.3 is 19.0 Å². The molecule has 1 aromatic carbocycles. The lowest BCUT2D eigenvalue weighted by Gasteiger charge is -2.03. The Balaban J connectivity index is 1.81.